The first kappa shape index (κ1) is 17.3. The van der Waals surface area contributed by atoms with E-state index in [1.165, 1.54) is 0 Å². The van der Waals surface area contributed by atoms with Gasteiger partial charge in [-0.2, -0.15) is 5.10 Å². The smallest absolute Gasteiger partial charge is 0.428 e. The molecule has 0 unspecified atom stereocenters. The van der Waals surface area contributed by atoms with E-state index in [-0.39, 0.29) is 0 Å². The number of hydrogen-bond donors (Lipinski definition) is 1. The number of ether oxygens (including phenoxy) is 1. The lowest BCUT2D eigenvalue weighted by molar-refractivity contribution is 0.0529. The molecule has 1 N–H and O–H groups in total. The molecule has 24 heavy (non-hydrogen) atoms. The summed E-state index contributed by atoms with van der Waals surface area (Å²) in [6.07, 6.45) is 0.963. The second kappa shape index (κ2) is 7.98. The molecule has 0 saturated carbocycles. The number of hydrazone groups is 1. The van der Waals surface area contributed by atoms with Crippen LogP contribution < -0.4 is 5.43 Å². The Morgan fingerprint density at radius 1 is 1.04 bits per heavy atom. The van der Waals surface area contributed by atoms with Gasteiger partial charge in [-0.05, 0) is 39.0 Å². The van der Waals surface area contributed by atoms with Crippen molar-refractivity contribution in [2.24, 2.45) is 5.10 Å². The number of carbonyl (C=O) groups is 1. The van der Waals surface area contributed by atoms with Crippen molar-refractivity contribution >= 4 is 12.3 Å². The minimum atomic E-state index is -0.591. The van der Waals surface area contributed by atoms with Crippen LogP contribution in [0.15, 0.2) is 59.7 Å². The fourth-order valence-electron chi connectivity index (χ4n) is 1.84. The van der Waals surface area contributed by atoms with Gasteiger partial charge < -0.3 is 4.74 Å². The molecule has 0 aromatic heterocycles. The van der Waals surface area contributed by atoms with Crippen molar-refractivity contribution in [2.45, 2.75) is 26.4 Å². The van der Waals surface area contributed by atoms with E-state index in [0.29, 0.717) is 0 Å². The third-order valence-corrected chi connectivity index (χ3v) is 2.83. The molecular weight excluding hydrogens is 300 g/mol. The Bertz CT molecular complexity index is 779. The van der Waals surface area contributed by atoms with Crippen LogP contribution in [-0.2, 0) is 4.74 Å². The zero-order chi connectivity index (χ0) is 17.4. The van der Waals surface area contributed by atoms with Gasteiger partial charge in [0.25, 0.3) is 0 Å². The molecule has 0 aliphatic carbocycles. The highest BCUT2D eigenvalue weighted by atomic mass is 16.6. The Morgan fingerprint density at radius 2 is 1.71 bits per heavy atom. The van der Waals surface area contributed by atoms with Gasteiger partial charge in [-0.15, -0.1) is 0 Å². The molecule has 1 amide bonds. The summed E-state index contributed by atoms with van der Waals surface area (Å²) in [6, 6.07) is 17.3. The van der Waals surface area contributed by atoms with Crippen LogP contribution in [0.2, 0.25) is 0 Å². The molecular formula is C20H20N2O2. The maximum Gasteiger partial charge on any atom is 0.428 e. The molecule has 4 heteroatoms. The molecule has 0 radical (unpaired) electrons. The van der Waals surface area contributed by atoms with Gasteiger partial charge in [0.2, 0.25) is 0 Å². The maximum atomic E-state index is 11.6. The summed E-state index contributed by atoms with van der Waals surface area (Å²) in [4.78, 5) is 11.6. The lowest BCUT2D eigenvalue weighted by Gasteiger charge is -2.18. The predicted molar refractivity (Wildman–Crippen MR) is 95.8 cm³/mol. The van der Waals surface area contributed by atoms with Crippen molar-refractivity contribution in [3.63, 3.8) is 0 Å². The van der Waals surface area contributed by atoms with E-state index in [9.17, 15) is 4.79 Å². The standard InChI is InChI=1S/C20H20N2O2/c1-20(2,3)24-19(23)22-21-15-18-12-8-7-11-17(18)14-13-16-9-5-4-6-10-16/h4-12,15H,1-3H3,(H,22,23)/b21-15+. The van der Waals surface area contributed by atoms with Gasteiger partial charge in [0.05, 0.1) is 6.21 Å². The molecule has 0 aliphatic heterocycles. The van der Waals surface area contributed by atoms with Crippen molar-refractivity contribution < 1.29 is 9.53 Å². The van der Waals surface area contributed by atoms with Crippen LogP contribution in [0.25, 0.3) is 0 Å². The summed E-state index contributed by atoms with van der Waals surface area (Å²) < 4.78 is 5.12. The molecule has 0 bridgehead atoms. The number of hydrogen-bond acceptors (Lipinski definition) is 3. The highest BCUT2D eigenvalue weighted by molar-refractivity contribution is 5.84. The zero-order valence-electron chi connectivity index (χ0n) is 14.0. The summed E-state index contributed by atoms with van der Waals surface area (Å²) in [7, 11) is 0. The van der Waals surface area contributed by atoms with Crippen molar-refractivity contribution in [1.29, 1.82) is 0 Å². The molecule has 0 saturated heterocycles. The van der Waals surface area contributed by atoms with Gasteiger partial charge in [0.15, 0.2) is 0 Å². The summed E-state index contributed by atoms with van der Waals surface area (Å²) in [5.41, 5.74) is 4.38. The lowest BCUT2D eigenvalue weighted by Crippen LogP contribution is -2.29. The van der Waals surface area contributed by atoms with E-state index in [1.54, 1.807) is 27.0 Å². The minimum Gasteiger partial charge on any atom is -0.443 e. The van der Waals surface area contributed by atoms with Crippen LogP contribution in [0.5, 0.6) is 0 Å². The first-order chi connectivity index (χ1) is 11.4. The Kier molecular flexibility index (Phi) is 5.75. The van der Waals surface area contributed by atoms with E-state index < -0.39 is 11.7 Å². The van der Waals surface area contributed by atoms with Gasteiger partial charge in [-0.25, -0.2) is 10.2 Å². The molecule has 2 aromatic rings. The van der Waals surface area contributed by atoms with Crippen molar-refractivity contribution in [1.82, 2.24) is 5.43 Å². The van der Waals surface area contributed by atoms with E-state index in [2.05, 4.69) is 22.4 Å². The highest BCUT2D eigenvalue weighted by Crippen LogP contribution is 2.07. The van der Waals surface area contributed by atoms with Crippen LogP contribution >= 0.6 is 0 Å². The Hall–Kier alpha value is -3.06. The second-order valence-electron chi connectivity index (χ2n) is 6.08. The maximum absolute atomic E-state index is 11.6. The molecule has 2 aromatic carbocycles. The summed E-state index contributed by atoms with van der Waals surface area (Å²) >= 11 is 0. The molecule has 0 atom stereocenters. The monoisotopic (exact) mass is 320 g/mol. The topological polar surface area (TPSA) is 50.7 Å². The Morgan fingerprint density at radius 3 is 2.42 bits per heavy atom. The van der Waals surface area contributed by atoms with Crippen LogP contribution in [0.3, 0.4) is 0 Å². The predicted octanol–water partition coefficient (Wildman–Crippen LogP) is 3.95. The fraction of sp³-hybridized carbons (Fsp3) is 0.200. The number of carbonyl (C=O) groups excluding carboxylic acids is 1. The first-order valence-corrected chi connectivity index (χ1v) is 7.62. The molecule has 2 rings (SSSR count). The van der Waals surface area contributed by atoms with E-state index >= 15 is 0 Å². The van der Waals surface area contributed by atoms with Gasteiger partial charge in [0.1, 0.15) is 5.60 Å². The van der Waals surface area contributed by atoms with Crippen molar-refractivity contribution in [3.8, 4) is 11.8 Å². The van der Waals surface area contributed by atoms with Crippen molar-refractivity contribution in [2.75, 3.05) is 0 Å². The molecule has 0 fully saturated rings. The van der Waals surface area contributed by atoms with Crippen molar-refractivity contribution in [3.05, 3.63) is 71.3 Å². The molecule has 0 spiro atoms. The zero-order valence-corrected chi connectivity index (χ0v) is 14.0. The number of nitrogens with one attached hydrogen (secondary N) is 1. The van der Waals surface area contributed by atoms with Gasteiger partial charge in [-0.3, -0.25) is 0 Å². The molecule has 122 valence electrons. The SMILES string of the molecule is CC(C)(C)OC(=O)N/N=C/c1ccccc1C#Cc1ccccc1. The quantitative estimate of drug-likeness (QED) is 0.517. The van der Waals surface area contributed by atoms with E-state index in [4.69, 9.17) is 4.74 Å². The second-order valence-corrected chi connectivity index (χ2v) is 6.08. The normalized spacial score (nSPS) is 10.8. The molecule has 0 aliphatic rings. The average Bonchev–Trinajstić information content (AvgIpc) is 2.53. The van der Waals surface area contributed by atoms with Crippen LogP contribution in [0, 0.1) is 11.8 Å². The Labute approximate surface area is 142 Å². The number of benzene rings is 2. The highest BCUT2D eigenvalue weighted by Gasteiger charge is 2.15. The largest absolute Gasteiger partial charge is 0.443 e. The van der Waals surface area contributed by atoms with Crippen LogP contribution in [0.1, 0.15) is 37.5 Å². The molecule has 0 heterocycles. The van der Waals surface area contributed by atoms with E-state index in [0.717, 1.165) is 16.7 Å². The van der Waals surface area contributed by atoms with E-state index in [1.807, 2.05) is 54.6 Å². The average molecular weight is 320 g/mol. The summed E-state index contributed by atoms with van der Waals surface area (Å²) in [5.74, 6) is 6.23. The number of nitrogens with zero attached hydrogens (tertiary/aromatic N) is 1. The van der Waals surface area contributed by atoms with Gasteiger partial charge in [0, 0.05) is 16.7 Å². The first-order valence-electron chi connectivity index (χ1n) is 7.62. The summed E-state index contributed by atoms with van der Waals surface area (Å²) in [5, 5.41) is 3.92. The Balaban J connectivity index is 2.08. The van der Waals surface area contributed by atoms with Gasteiger partial charge >= 0.3 is 6.09 Å². The molecule has 4 nitrogen and oxygen atoms in total. The lowest BCUT2D eigenvalue weighted by atomic mass is 10.1. The van der Waals surface area contributed by atoms with Gasteiger partial charge in [-0.1, -0.05) is 48.2 Å². The number of amides is 1. The minimum absolute atomic E-state index is 0.557. The number of rotatable bonds is 2. The third-order valence-electron chi connectivity index (χ3n) is 2.83. The third kappa shape index (κ3) is 5.98. The van der Waals surface area contributed by atoms with Crippen LogP contribution in [-0.4, -0.2) is 17.9 Å². The van der Waals surface area contributed by atoms with Crippen LogP contribution in [0.4, 0.5) is 4.79 Å². The summed E-state index contributed by atoms with van der Waals surface area (Å²) in [6.45, 7) is 5.39. The fourth-order valence-corrected chi connectivity index (χ4v) is 1.84.